The predicted molar refractivity (Wildman–Crippen MR) is 109 cm³/mol. The first-order chi connectivity index (χ1) is 13.7. The standard InChI is InChI=1S/C21H24N6O/c1-3-28-17-9-10-19-18(11-17)15(2)24-21(25-19)26-20-22-13-27(14-23-20)12-16-7-5-4-6-8-16/h4-11H,3,12-14H2,1-2H3,(H2,22,23,24,25,26)/p+2. The molecule has 28 heavy (non-hydrogen) atoms. The summed E-state index contributed by atoms with van der Waals surface area (Å²) in [6.07, 6.45) is 0. The molecular weight excluding hydrogens is 352 g/mol. The molecule has 0 saturated carbocycles. The number of ether oxygens (including phenoxy) is 1. The molecule has 2 heterocycles. The van der Waals surface area contributed by atoms with E-state index in [9.17, 15) is 0 Å². The Morgan fingerprint density at radius 2 is 2.04 bits per heavy atom. The molecule has 0 spiro atoms. The topological polar surface area (TPSA) is 77.5 Å². The van der Waals surface area contributed by atoms with E-state index in [1.165, 1.54) is 10.5 Å². The van der Waals surface area contributed by atoms with Crippen LogP contribution in [-0.2, 0) is 6.54 Å². The molecule has 0 aliphatic carbocycles. The molecule has 144 valence electrons. The van der Waals surface area contributed by atoms with Gasteiger partial charge in [0, 0.05) is 10.9 Å². The second-order valence-electron chi connectivity index (χ2n) is 6.86. The van der Waals surface area contributed by atoms with Gasteiger partial charge in [0.1, 0.15) is 12.3 Å². The van der Waals surface area contributed by atoms with Gasteiger partial charge in [-0.15, -0.1) is 0 Å². The normalized spacial score (nSPS) is 16.4. The molecule has 1 unspecified atom stereocenters. The van der Waals surface area contributed by atoms with Gasteiger partial charge in [-0.25, -0.2) is 20.6 Å². The van der Waals surface area contributed by atoms with Crippen LogP contribution in [-0.4, -0.2) is 35.9 Å². The third kappa shape index (κ3) is 4.20. The highest BCUT2D eigenvalue weighted by molar-refractivity contribution is 5.89. The largest absolute Gasteiger partial charge is 0.494 e. The van der Waals surface area contributed by atoms with Crippen molar-refractivity contribution < 1.29 is 14.6 Å². The smallest absolute Gasteiger partial charge is 0.359 e. The molecular formula is C21H26N6O+2. The summed E-state index contributed by atoms with van der Waals surface area (Å²) >= 11 is 0. The summed E-state index contributed by atoms with van der Waals surface area (Å²) < 4.78 is 5.58. The Labute approximate surface area is 164 Å². The van der Waals surface area contributed by atoms with Crippen molar-refractivity contribution in [1.82, 2.24) is 15.3 Å². The van der Waals surface area contributed by atoms with Crippen LogP contribution in [0.1, 0.15) is 18.2 Å². The van der Waals surface area contributed by atoms with Gasteiger partial charge in [-0.3, -0.25) is 4.90 Å². The number of aryl methyl sites for hydroxylation is 1. The van der Waals surface area contributed by atoms with Gasteiger partial charge in [-0.2, -0.15) is 4.98 Å². The number of nitrogens with one attached hydrogen (secondary N) is 4. The van der Waals surface area contributed by atoms with Crippen molar-refractivity contribution in [1.29, 1.82) is 0 Å². The van der Waals surface area contributed by atoms with Gasteiger partial charge in [-0.05, 0) is 32.0 Å². The third-order valence-corrected chi connectivity index (χ3v) is 4.73. The molecule has 0 amide bonds. The molecule has 7 nitrogen and oxygen atoms in total. The van der Waals surface area contributed by atoms with Crippen molar-refractivity contribution >= 4 is 22.8 Å². The summed E-state index contributed by atoms with van der Waals surface area (Å²) in [7, 11) is 0. The zero-order chi connectivity index (χ0) is 19.3. The number of nitrogens with zero attached hydrogens (tertiary/aromatic N) is 2. The molecule has 1 atom stereocenters. The van der Waals surface area contributed by atoms with E-state index in [2.05, 4.69) is 49.9 Å². The summed E-state index contributed by atoms with van der Waals surface area (Å²) in [6, 6.07) is 16.4. The minimum atomic E-state index is 0.579. The summed E-state index contributed by atoms with van der Waals surface area (Å²) in [6.45, 7) is 7.24. The Morgan fingerprint density at radius 3 is 2.79 bits per heavy atom. The molecule has 4 rings (SSSR count). The molecule has 0 bridgehead atoms. The van der Waals surface area contributed by atoms with Gasteiger partial charge in [0.25, 0.3) is 5.95 Å². The van der Waals surface area contributed by atoms with Gasteiger partial charge >= 0.3 is 5.96 Å². The van der Waals surface area contributed by atoms with Crippen LogP contribution in [0.2, 0.25) is 0 Å². The lowest BCUT2D eigenvalue weighted by molar-refractivity contribution is -0.991. The van der Waals surface area contributed by atoms with Crippen molar-refractivity contribution in [2.75, 3.05) is 25.3 Å². The van der Waals surface area contributed by atoms with Crippen LogP contribution in [0.4, 0.5) is 5.95 Å². The number of hydrogen-bond donors (Lipinski definition) is 4. The van der Waals surface area contributed by atoms with Crippen LogP contribution in [0, 0.1) is 6.92 Å². The van der Waals surface area contributed by atoms with Gasteiger partial charge in [0.15, 0.2) is 13.3 Å². The van der Waals surface area contributed by atoms with Crippen molar-refractivity contribution in [2.24, 2.45) is 0 Å². The number of hydrogen-bond acceptors (Lipinski definition) is 5. The highest BCUT2D eigenvalue weighted by Crippen LogP contribution is 2.22. The number of quaternary nitrogens is 1. The van der Waals surface area contributed by atoms with E-state index in [1.54, 1.807) is 0 Å². The fraction of sp³-hybridized carbons (Fsp3) is 0.286. The van der Waals surface area contributed by atoms with Crippen molar-refractivity contribution in [2.45, 2.75) is 20.4 Å². The Morgan fingerprint density at radius 1 is 1.18 bits per heavy atom. The van der Waals surface area contributed by atoms with Gasteiger partial charge in [0.2, 0.25) is 0 Å². The van der Waals surface area contributed by atoms with E-state index in [-0.39, 0.29) is 0 Å². The molecule has 3 aromatic rings. The Hall–Kier alpha value is -3.19. The Balaban J connectivity index is 1.44. The van der Waals surface area contributed by atoms with Crippen LogP contribution < -0.4 is 25.3 Å². The lowest BCUT2D eigenvalue weighted by atomic mass is 10.2. The SMILES string of the molecule is CCOc1ccc2nc(NC3=[NH+]C[NH+](Cc4ccccc4)CN3)nc(C)c2c1. The van der Waals surface area contributed by atoms with Crippen LogP contribution in [0.25, 0.3) is 10.9 Å². The average molecular weight is 378 g/mol. The number of guanidine groups is 1. The number of fused-ring (bicyclic) bond motifs is 1. The average Bonchev–Trinajstić information content (AvgIpc) is 2.71. The number of rotatable bonds is 5. The van der Waals surface area contributed by atoms with E-state index >= 15 is 0 Å². The molecule has 0 radical (unpaired) electrons. The number of aromatic nitrogens is 2. The fourth-order valence-corrected chi connectivity index (χ4v) is 3.33. The molecule has 1 aliphatic rings. The molecule has 0 saturated heterocycles. The third-order valence-electron chi connectivity index (χ3n) is 4.73. The van der Waals surface area contributed by atoms with E-state index in [0.717, 1.165) is 48.2 Å². The molecule has 0 fully saturated rings. The highest BCUT2D eigenvalue weighted by Gasteiger charge is 2.21. The number of benzene rings is 2. The van der Waals surface area contributed by atoms with E-state index in [0.29, 0.717) is 12.6 Å². The van der Waals surface area contributed by atoms with E-state index < -0.39 is 0 Å². The second-order valence-corrected chi connectivity index (χ2v) is 6.86. The zero-order valence-electron chi connectivity index (χ0n) is 16.2. The van der Waals surface area contributed by atoms with Crippen molar-refractivity contribution in [3.63, 3.8) is 0 Å². The summed E-state index contributed by atoms with van der Waals surface area (Å²) in [5.74, 6) is 2.26. The van der Waals surface area contributed by atoms with Gasteiger partial charge in [-0.1, -0.05) is 30.3 Å². The summed E-state index contributed by atoms with van der Waals surface area (Å²) in [5.41, 5.74) is 3.14. The van der Waals surface area contributed by atoms with E-state index in [1.807, 2.05) is 38.1 Å². The minimum absolute atomic E-state index is 0.579. The van der Waals surface area contributed by atoms with Gasteiger partial charge in [0.05, 0.1) is 17.8 Å². The molecule has 1 aromatic heterocycles. The molecule has 2 aromatic carbocycles. The second kappa shape index (κ2) is 8.22. The van der Waals surface area contributed by atoms with Crippen LogP contribution in [0.15, 0.2) is 48.5 Å². The minimum Gasteiger partial charge on any atom is -0.494 e. The lowest BCUT2D eigenvalue weighted by Gasteiger charge is -2.20. The quantitative estimate of drug-likeness (QED) is 0.494. The highest BCUT2D eigenvalue weighted by atomic mass is 16.5. The van der Waals surface area contributed by atoms with Crippen LogP contribution in [0.3, 0.4) is 0 Å². The Bertz CT molecular complexity index is 989. The van der Waals surface area contributed by atoms with Crippen LogP contribution >= 0.6 is 0 Å². The first kappa shape index (κ1) is 18.2. The molecule has 1 aliphatic heterocycles. The van der Waals surface area contributed by atoms with E-state index in [4.69, 9.17) is 4.74 Å². The molecule has 4 N–H and O–H groups in total. The monoisotopic (exact) mass is 378 g/mol. The Kier molecular flexibility index (Phi) is 5.34. The first-order valence-electron chi connectivity index (χ1n) is 9.61. The lowest BCUT2D eigenvalue weighted by Crippen LogP contribution is -3.23. The summed E-state index contributed by atoms with van der Waals surface area (Å²) in [4.78, 5) is 14.0. The van der Waals surface area contributed by atoms with Crippen molar-refractivity contribution in [3.05, 3.63) is 59.8 Å². The number of anilines is 1. The van der Waals surface area contributed by atoms with Crippen molar-refractivity contribution in [3.8, 4) is 5.75 Å². The van der Waals surface area contributed by atoms with Crippen LogP contribution in [0.5, 0.6) is 5.75 Å². The maximum Gasteiger partial charge on any atom is 0.359 e. The fourth-order valence-electron chi connectivity index (χ4n) is 3.33. The van der Waals surface area contributed by atoms with Gasteiger partial charge < -0.3 is 4.74 Å². The maximum absolute atomic E-state index is 5.58. The molecule has 7 heteroatoms. The predicted octanol–water partition coefficient (Wildman–Crippen LogP) is -0.211. The zero-order valence-corrected chi connectivity index (χ0v) is 16.2. The summed E-state index contributed by atoms with van der Waals surface area (Å²) in [5, 5.41) is 7.66. The first-order valence-corrected chi connectivity index (χ1v) is 9.61. The maximum atomic E-state index is 5.58.